The van der Waals surface area contributed by atoms with Crippen LogP contribution in [0.15, 0.2) is 35.6 Å². The first-order valence-electron chi connectivity index (χ1n) is 8.01. The van der Waals surface area contributed by atoms with Crippen molar-refractivity contribution in [3.8, 4) is 0 Å². The molecule has 0 unspecified atom stereocenters. The Morgan fingerprint density at radius 3 is 2.92 bits per heavy atom. The average Bonchev–Trinajstić information content (AvgIpc) is 2.62. The SMILES string of the molecule is S=C(NCC[NH+]1CCOCC1)N/N=C\c1cnc2ccccc2n1. The van der Waals surface area contributed by atoms with Crippen LogP contribution < -0.4 is 15.6 Å². The number of nitrogens with zero attached hydrogens (tertiary/aromatic N) is 3. The molecule has 8 heteroatoms. The summed E-state index contributed by atoms with van der Waals surface area (Å²) in [4.78, 5) is 10.3. The lowest BCUT2D eigenvalue weighted by Crippen LogP contribution is -3.14. The molecule has 1 aromatic heterocycles. The van der Waals surface area contributed by atoms with E-state index in [0.29, 0.717) is 10.8 Å². The van der Waals surface area contributed by atoms with Crippen LogP contribution in [0.5, 0.6) is 0 Å². The molecule has 0 amide bonds. The summed E-state index contributed by atoms with van der Waals surface area (Å²) in [5.74, 6) is 0. The highest BCUT2D eigenvalue weighted by molar-refractivity contribution is 7.80. The molecule has 1 aromatic carbocycles. The lowest BCUT2D eigenvalue weighted by molar-refractivity contribution is -0.906. The van der Waals surface area contributed by atoms with Crippen LogP contribution in [0, 0.1) is 0 Å². The molecule has 3 rings (SSSR count). The van der Waals surface area contributed by atoms with Crippen molar-refractivity contribution in [3.05, 3.63) is 36.2 Å². The lowest BCUT2D eigenvalue weighted by atomic mass is 10.3. The van der Waals surface area contributed by atoms with Gasteiger partial charge < -0.3 is 15.0 Å². The first-order valence-corrected chi connectivity index (χ1v) is 8.42. The van der Waals surface area contributed by atoms with Crippen LogP contribution in [0.4, 0.5) is 0 Å². The fourth-order valence-electron chi connectivity index (χ4n) is 2.49. The molecule has 1 aliphatic heterocycles. The van der Waals surface area contributed by atoms with Crippen LogP contribution in [-0.4, -0.2) is 60.7 Å². The molecule has 0 bridgehead atoms. The van der Waals surface area contributed by atoms with Crippen molar-refractivity contribution in [1.29, 1.82) is 0 Å². The minimum atomic E-state index is 0.507. The summed E-state index contributed by atoms with van der Waals surface area (Å²) in [5, 5.41) is 7.77. The van der Waals surface area contributed by atoms with Crippen molar-refractivity contribution in [3.63, 3.8) is 0 Å². The molecular weight excluding hydrogens is 324 g/mol. The van der Waals surface area contributed by atoms with Gasteiger partial charge in [0.05, 0.1) is 49.7 Å². The average molecular weight is 345 g/mol. The Labute approximate surface area is 146 Å². The largest absolute Gasteiger partial charge is 0.370 e. The van der Waals surface area contributed by atoms with E-state index >= 15 is 0 Å². The van der Waals surface area contributed by atoms with Gasteiger partial charge in [-0.1, -0.05) is 12.1 Å². The van der Waals surface area contributed by atoms with E-state index in [-0.39, 0.29) is 0 Å². The number of aromatic nitrogens is 2. The predicted molar refractivity (Wildman–Crippen MR) is 97.3 cm³/mol. The van der Waals surface area contributed by atoms with Gasteiger partial charge in [0.2, 0.25) is 0 Å². The Morgan fingerprint density at radius 2 is 2.08 bits per heavy atom. The topological polar surface area (TPSA) is 75.9 Å². The molecule has 0 spiro atoms. The van der Waals surface area contributed by atoms with Gasteiger partial charge in [-0.15, -0.1) is 0 Å². The maximum Gasteiger partial charge on any atom is 0.187 e. The van der Waals surface area contributed by atoms with E-state index in [1.165, 1.54) is 4.90 Å². The maximum absolute atomic E-state index is 5.34. The number of benzene rings is 1. The molecule has 0 atom stereocenters. The second-order valence-electron chi connectivity index (χ2n) is 5.52. The molecule has 1 aliphatic rings. The number of rotatable bonds is 5. The van der Waals surface area contributed by atoms with Crippen molar-refractivity contribution in [2.75, 3.05) is 39.4 Å². The third-order valence-electron chi connectivity index (χ3n) is 3.79. The number of nitrogens with one attached hydrogen (secondary N) is 3. The van der Waals surface area contributed by atoms with Gasteiger partial charge in [0.15, 0.2) is 5.11 Å². The Morgan fingerprint density at radius 1 is 1.29 bits per heavy atom. The molecule has 1 fully saturated rings. The summed E-state index contributed by atoms with van der Waals surface area (Å²) < 4.78 is 5.34. The van der Waals surface area contributed by atoms with Gasteiger partial charge in [-0.05, 0) is 24.4 Å². The summed E-state index contributed by atoms with van der Waals surface area (Å²) >= 11 is 5.21. The molecule has 126 valence electrons. The standard InChI is InChI=1S/C16H20N6OS/c24-16(17-5-6-22-7-9-23-10-8-22)21-19-12-13-11-18-14-3-1-2-4-15(14)20-13/h1-4,11-12H,5-10H2,(H2,17,21,24)/p+1/b19-12-. The number of thiocarbonyl (C=S) groups is 1. The number of para-hydroxylation sites is 2. The second-order valence-corrected chi connectivity index (χ2v) is 5.93. The van der Waals surface area contributed by atoms with Crippen LogP contribution in [0.25, 0.3) is 11.0 Å². The Kier molecular flexibility index (Phi) is 6.00. The number of fused-ring (bicyclic) bond motifs is 1. The Balaban J connectivity index is 1.42. The maximum atomic E-state index is 5.34. The molecule has 24 heavy (non-hydrogen) atoms. The van der Waals surface area contributed by atoms with E-state index in [4.69, 9.17) is 17.0 Å². The van der Waals surface area contributed by atoms with Gasteiger partial charge in [-0.2, -0.15) is 5.10 Å². The molecule has 1 saturated heterocycles. The molecule has 7 nitrogen and oxygen atoms in total. The highest BCUT2D eigenvalue weighted by Crippen LogP contribution is 2.07. The molecule has 2 aromatic rings. The van der Waals surface area contributed by atoms with Crippen molar-refractivity contribution < 1.29 is 9.64 Å². The smallest absolute Gasteiger partial charge is 0.187 e. The van der Waals surface area contributed by atoms with Gasteiger partial charge in [0.25, 0.3) is 0 Å². The summed E-state index contributed by atoms with van der Waals surface area (Å²) in [6.45, 7) is 5.63. The van der Waals surface area contributed by atoms with E-state index in [1.54, 1.807) is 12.4 Å². The minimum absolute atomic E-state index is 0.507. The van der Waals surface area contributed by atoms with Gasteiger partial charge in [-0.25, -0.2) is 4.98 Å². The Bertz CT molecular complexity index is 717. The first-order chi connectivity index (χ1) is 11.8. The number of hydrogen-bond donors (Lipinski definition) is 3. The van der Waals surface area contributed by atoms with Crippen LogP contribution >= 0.6 is 12.2 Å². The monoisotopic (exact) mass is 345 g/mol. The zero-order chi connectivity index (χ0) is 16.6. The number of quaternary nitrogens is 1. The summed E-state index contributed by atoms with van der Waals surface area (Å²) in [6.07, 6.45) is 3.30. The highest BCUT2D eigenvalue weighted by atomic mass is 32.1. The third kappa shape index (κ3) is 4.92. The quantitative estimate of drug-likeness (QED) is 0.380. The lowest BCUT2D eigenvalue weighted by Gasteiger charge is -2.23. The second kappa shape index (κ2) is 8.62. The van der Waals surface area contributed by atoms with Gasteiger partial charge in [0.1, 0.15) is 18.8 Å². The normalized spacial score (nSPS) is 15.7. The number of morpholine rings is 1. The fourth-order valence-corrected chi connectivity index (χ4v) is 2.65. The van der Waals surface area contributed by atoms with Crippen LogP contribution in [0.2, 0.25) is 0 Å². The zero-order valence-corrected chi connectivity index (χ0v) is 14.2. The van der Waals surface area contributed by atoms with Gasteiger partial charge in [0, 0.05) is 0 Å². The van der Waals surface area contributed by atoms with E-state index < -0.39 is 0 Å². The fraction of sp³-hybridized carbons (Fsp3) is 0.375. The van der Waals surface area contributed by atoms with E-state index in [0.717, 1.165) is 50.4 Å². The summed E-state index contributed by atoms with van der Waals surface area (Å²) in [7, 11) is 0. The van der Waals surface area contributed by atoms with Crippen LogP contribution in [0.3, 0.4) is 0 Å². The molecular formula is C16H21N6OS+. The van der Waals surface area contributed by atoms with Gasteiger partial charge >= 0.3 is 0 Å². The first kappa shape index (κ1) is 16.7. The molecule has 3 N–H and O–H groups in total. The van der Waals surface area contributed by atoms with E-state index in [1.807, 2.05) is 24.3 Å². The van der Waals surface area contributed by atoms with Crippen molar-refractivity contribution >= 4 is 34.6 Å². The minimum Gasteiger partial charge on any atom is -0.370 e. The number of hydrogen-bond acceptors (Lipinski definition) is 5. The van der Waals surface area contributed by atoms with Crippen LogP contribution in [-0.2, 0) is 4.74 Å². The van der Waals surface area contributed by atoms with Crippen molar-refractivity contribution in [1.82, 2.24) is 20.7 Å². The van der Waals surface area contributed by atoms with E-state index in [2.05, 4.69) is 25.8 Å². The van der Waals surface area contributed by atoms with Crippen molar-refractivity contribution in [2.24, 2.45) is 5.10 Å². The number of hydrazone groups is 1. The van der Waals surface area contributed by atoms with Gasteiger partial charge in [-0.3, -0.25) is 10.4 Å². The summed E-state index contributed by atoms with van der Waals surface area (Å²) in [6, 6.07) is 7.73. The number of ether oxygens (including phenoxy) is 1. The molecule has 0 saturated carbocycles. The third-order valence-corrected chi connectivity index (χ3v) is 4.03. The molecule has 0 aliphatic carbocycles. The van der Waals surface area contributed by atoms with E-state index in [9.17, 15) is 0 Å². The summed E-state index contributed by atoms with van der Waals surface area (Å²) in [5.41, 5.74) is 5.20. The predicted octanol–water partition coefficient (Wildman–Crippen LogP) is -0.657. The molecule has 0 radical (unpaired) electrons. The van der Waals surface area contributed by atoms with Crippen LogP contribution in [0.1, 0.15) is 5.69 Å². The van der Waals surface area contributed by atoms with Crippen molar-refractivity contribution in [2.45, 2.75) is 0 Å². The zero-order valence-electron chi connectivity index (χ0n) is 13.4. The molecule has 2 heterocycles. The Hall–Kier alpha value is -2.16. The highest BCUT2D eigenvalue weighted by Gasteiger charge is 2.12.